The summed E-state index contributed by atoms with van der Waals surface area (Å²) in [5.41, 5.74) is 1.18. The number of esters is 1. The average Bonchev–Trinajstić information content (AvgIpc) is 2.46. The molecule has 1 aromatic heterocycles. The fourth-order valence-electron chi connectivity index (χ4n) is 2.20. The zero-order valence-corrected chi connectivity index (χ0v) is 11.6. The van der Waals surface area contributed by atoms with Crippen LogP contribution in [0.3, 0.4) is 0 Å². The highest BCUT2D eigenvalue weighted by Crippen LogP contribution is 2.13. The lowest BCUT2D eigenvalue weighted by molar-refractivity contribution is -0.141. The summed E-state index contributed by atoms with van der Waals surface area (Å²) < 4.78 is 4.66. The van der Waals surface area contributed by atoms with E-state index >= 15 is 0 Å². The Morgan fingerprint density at radius 1 is 1.32 bits per heavy atom. The van der Waals surface area contributed by atoms with Gasteiger partial charge in [0.15, 0.2) is 0 Å². The second-order valence-corrected chi connectivity index (χ2v) is 4.85. The van der Waals surface area contributed by atoms with E-state index in [1.54, 1.807) is 0 Å². The first-order valence-electron chi connectivity index (χ1n) is 6.66. The number of rotatable bonds is 4. The maximum absolute atomic E-state index is 11.1. The summed E-state index contributed by atoms with van der Waals surface area (Å²) in [6, 6.07) is 4.16. The highest BCUT2D eigenvalue weighted by Gasteiger charge is 2.18. The van der Waals surface area contributed by atoms with Crippen LogP contribution >= 0.6 is 0 Å². The molecule has 1 aliphatic heterocycles. The van der Waals surface area contributed by atoms with E-state index in [1.807, 2.05) is 13.1 Å². The Bertz CT molecular complexity index is 411. The fourth-order valence-corrected chi connectivity index (χ4v) is 2.20. The van der Waals surface area contributed by atoms with Crippen LogP contribution in [0.25, 0.3) is 0 Å². The zero-order chi connectivity index (χ0) is 13.7. The quantitative estimate of drug-likeness (QED) is 0.761. The summed E-state index contributed by atoms with van der Waals surface area (Å²) in [5, 5.41) is 0. The van der Waals surface area contributed by atoms with Crippen LogP contribution in [0.2, 0.25) is 0 Å². The molecule has 1 saturated heterocycles. The minimum atomic E-state index is -0.136. The van der Waals surface area contributed by atoms with Gasteiger partial charge >= 0.3 is 5.97 Å². The third-order valence-corrected chi connectivity index (χ3v) is 3.45. The second-order valence-electron chi connectivity index (χ2n) is 4.85. The van der Waals surface area contributed by atoms with Gasteiger partial charge in [-0.3, -0.25) is 9.69 Å². The first-order valence-corrected chi connectivity index (χ1v) is 6.66. The molecule has 0 saturated carbocycles. The van der Waals surface area contributed by atoms with Crippen molar-refractivity contribution >= 4 is 11.8 Å². The van der Waals surface area contributed by atoms with E-state index in [0.717, 1.165) is 38.5 Å². The van der Waals surface area contributed by atoms with E-state index in [2.05, 4.69) is 31.7 Å². The molecule has 104 valence electrons. The topological polar surface area (TPSA) is 45.7 Å². The van der Waals surface area contributed by atoms with Crippen molar-refractivity contribution in [2.45, 2.75) is 13.3 Å². The minimum Gasteiger partial charge on any atom is -0.469 e. The number of piperazine rings is 1. The molecule has 5 nitrogen and oxygen atoms in total. The lowest BCUT2D eigenvalue weighted by atomic mass is 10.2. The summed E-state index contributed by atoms with van der Waals surface area (Å²) in [4.78, 5) is 20.1. The molecule has 1 aromatic rings. The molecule has 19 heavy (non-hydrogen) atoms. The predicted octanol–water partition coefficient (Wildman–Crippen LogP) is 1.08. The van der Waals surface area contributed by atoms with Crippen LogP contribution in [0.4, 0.5) is 5.82 Å². The van der Waals surface area contributed by atoms with Gasteiger partial charge in [-0.05, 0) is 18.6 Å². The molecular formula is C14H21N3O2. The third-order valence-electron chi connectivity index (χ3n) is 3.45. The number of carbonyl (C=O) groups excluding carboxylic acids is 1. The van der Waals surface area contributed by atoms with Crippen LogP contribution in [-0.4, -0.2) is 55.7 Å². The first-order chi connectivity index (χ1) is 9.19. The molecule has 0 aliphatic carbocycles. The van der Waals surface area contributed by atoms with E-state index in [4.69, 9.17) is 0 Å². The number of nitrogens with zero attached hydrogens (tertiary/aromatic N) is 3. The van der Waals surface area contributed by atoms with Crippen LogP contribution in [0.5, 0.6) is 0 Å². The van der Waals surface area contributed by atoms with E-state index in [-0.39, 0.29) is 5.97 Å². The predicted molar refractivity (Wildman–Crippen MR) is 74.3 cm³/mol. The number of ether oxygens (including phenoxy) is 1. The number of pyridine rings is 1. The van der Waals surface area contributed by atoms with Gasteiger partial charge in [0, 0.05) is 38.9 Å². The Labute approximate surface area is 114 Å². The molecule has 0 atom stereocenters. The standard InChI is InChI=1S/C14H21N3O2/c1-12-3-4-13(15-11-12)17-9-7-16(8-10-17)6-5-14(18)19-2/h3-4,11H,5-10H2,1-2H3. The molecular weight excluding hydrogens is 242 g/mol. The molecule has 0 radical (unpaired) electrons. The Hall–Kier alpha value is -1.62. The highest BCUT2D eigenvalue weighted by molar-refractivity contribution is 5.69. The van der Waals surface area contributed by atoms with E-state index in [1.165, 1.54) is 12.7 Å². The monoisotopic (exact) mass is 263 g/mol. The number of methoxy groups -OCH3 is 1. The van der Waals surface area contributed by atoms with E-state index in [0.29, 0.717) is 6.42 Å². The second kappa shape index (κ2) is 6.52. The van der Waals surface area contributed by atoms with Crippen molar-refractivity contribution in [1.82, 2.24) is 9.88 Å². The van der Waals surface area contributed by atoms with Crippen molar-refractivity contribution in [1.29, 1.82) is 0 Å². The van der Waals surface area contributed by atoms with Crippen molar-refractivity contribution in [2.24, 2.45) is 0 Å². The van der Waals surface area contributed by atoms with Gasteiger partial charge < -0.3 is 9.64 Å². The number of aromatic nitrogens is 1. The Balaban J connectivity index is 1.79. The van der Waals surface area contributed by atoms with Gasteiger partial charge in [0.2, 0.25) is 0 Å². The first kappa shape index (κ1) is 13.8. The molecule has 1 fully saturated rings. The molecule has 2 rings (SSSR count). The van der Waals surface area contributed by atoms with Gasteiger partial charge in [-0.25, -0.2) is 4.98 Å². The number of hydrogen-bond acceptors (Lipinski definition) is 5. The molecule has 0 bridgehead atoms. The van der Waals surface area contributed by atoms with Crippen LogP contribution in [0, 0.1) is 6.92 Å². The lowest BCUT2D eigenvalue weighted by Gasteiger charge is -2.35. The maximum atomic E-state index is 11.1. The Morgan fingerprint density at radius 2 is 2.05 bits per heavy atom. The van der Waals surface area contributed by atoms with Crippen molar-refractivity contribution in [3.63, 3.8) is 0 Å². The van der Waals surface area contributed by atoms with Crippen molar-refractivity contribution in [3.05, 3.63) is 23.9 Å². The molecule has 1 aliphatic rings. The summed E-state index contributed by atoms with van der Waals surface area (Å²) in [6.45, 7) is 6.66. The van der Waals surface area contributed by atoms with Crippen LogP contribution < -0.4 is 4.90 Å². The Morgan fingerprint density at radius 3 is 2.63 bits per heavy atom. The average molecular weight is 263 g/mol. The molecule has 0 N–H and O–H groups in total. The van der Waals surface area contributed by atoms with Gasteiger partial charge in [0.1, 0.15) is 5.82 Å². The van der Waals surface area contributed by atoms with Crippen LogP contribution in [0.15, 0.2) is 18.3 Å². The summed E-state index contributed by atoms with van der Waals surface area (Å²) >= 11 is 0. The van der Waals surface area contributed by atoms with Crippen molar-refractivity contribution < 1.29 is 9.53 Å². The summed E-state index contributed by atoms with van der Waals surface area (Å²) in [7, 11) is 1.43. The SMILES string of the molecule is COC(=O)CCN1CCN(c2ccc(C)cn2)CC1. The molecule has 0 amide bonds. The molecule has 0 aromatic carbocycles. The van der Waals surface area contributed by atoms with Gasteiger partial charge in [0.05, 0.1) is 13.5 Å². The van der Waals surface area contributed by atoms with Crippen molar-refractivity contribution in [2.75, 3.05) is 44.7 Å². The fraction of sp³-hybridized carbons (Fsp3) is 0.571. The van der Waals surface area contributed by atoms with E-state index < -0.39 is 0 Å². The normalized spacial score (nSPS) is 16.4. The van der Waals surface area contributed by atoms with Gasteiger partial charge in [0.25, 0.3) is 0 Å². The summed E-state index contributed by atoms with van der Waals surface area (Å²) in [6.07, 6.45) is 2.37. The maximum Gasteiger partial charge on any atom is 0.306 e. The van der Waals surface area contributed by atoms with Gasteiger partial charge in [-0.2, -0.15) is 0 Å². The molecule has 5 heteroatoms. The number of carbonyl (C=O) groups is 1. The number of anilines is 1. The van der Waals surface area contributed by atoms with Crippen LogP contribution in [0.1, 0.15) is 12.0 Å². The number of aryl methyl sites for hydroxylation is 1. The summed E-state index contributed by atoms with van der Waals surface area (Å²) in [5.74, 6) is 0.904. The largest absolute Gasteiger partial charge is 0.469 e. The van der Waals surface area contributed by atoms with E-state index in [9.17, 15) is 4.79 Å². The minimum absolute atomic E-state index is 0.136. The lowest BCUT2D eigenvalue weighted by Crippen LogP contribution is -2.47. The molecule has 0 spiro atoms. The molecule has 0 unspecified atom stereocenters. The third kappa shape index (κ3) is 3.92. The van der Waals surface area contributed by atoms with Gasteiger partial charge in [-0.15, -0.1) is 0 Å². The highest BCUT2D eigenvalue weighted by atomic mass is 16.5. The van der Waals surface area contributed by atoms with Crippen LogP contribution in [-0.2, 0) is 9.53 Å². The Kier molecular flexibility index (Phi) is 4.74. The molecule has 2 heterocycles. The smallest absolute Gasteiger partial charge is 0.306 e. The number of hydrogen-bond donors (Lipinski definition) is 0. The van der Waals surface area contributed by atoms with Gasteiger partial charge in [-0.1, -0.05) is 6.07 Å². The van der Waals surface area contributed by atoms with Crippen molar-refractivity contribution in [3.8, 4) is 0 Å². The zero-order valence-electron chi connectivity index (χ0n) is 11.6.